The second-order valence-electron chi connectivity index (χ2n) is 11.1. The summed E-state index contributed by atoms with van der Waals surface area (Å²) >= 11 is 3.44. The van der Waals surface area contributed by atoms with Crippen LogP contribution in [0.3, 0.4) is 0 Å². The van der Waals surface area contributed by atoms with E-state index in [0.29, 0.717) is 5.69 Å². The van der Waals surface area contributed by atoms with Crippen molar-refractivity contribution in [3.63, 3.8) is 0 Å². The fourth-order valence-corrected chi connectivity index (χ4v) is 5.39. The second-order valence-corrected chi connectivity index (χ2v) is 14.0. The maximum absolute atomic E-state index is 14.1. The lowest BCUT2D eigenvalue weighted by Gasteiger charge is -2.35. The average Bonchev–Trinajstić information content (AvgIpc) is 2.86. The van der Waals surface area contributed by atoms with Crippen LogP contribution in [-0.2, 0) is 32.6 Å². The van der Waals surface area contributed by atoms with Gasteiger partial charge in [0.1, 0.15) is 12.6 Å². The highest BCUT2D eigenvalue weighted by Gasteiger charge is 2.34. The molecular weight excluding hydrogens is 590 g/mol. The van der Waals surface area contributed by atoms with E-state index in [0.717, 1.165) is 37.3 Å². The Kier molecular flexibility index (Phi) is 10.2. The van der Waals surface area contributed by atoms with Gasteiger partial charge in [0.15, 0.2) is 0 Å². The molecule has 214 valence electrons. The Labute approximate surface area is 246 Å². The van der Waals surface area contributed by atoms with Gasteiger partial charge in [-0.25, -0.2) is 8.42 Å². The zero-order chi connectivity index (χ0) is 29.7. The predicted molar refractivity (Wildman–Crippen MR) is 165 cm³/mol. The Bertz CT molecular complexity index is 1440. The first-order chi connectivity index (χ1) is 18.6. The molecule has 0 aliphatic heterocycles. The van der Waals surface area contributed by atoms with Crippen LogP contribution in [0.25, 0.3) is 0 Å². The van der Waals surface area contributed by atoms with E-state index >= 15 is 0 Å². The topological polar surface area (TPSA) is 86.8 Å². The number of nitrogens with zero attached hydrogens (tertiary/aromatic N) is 2. The van der Waals surface area contributed by atoms with Crippen LogP contribution in [0.2, 0.25) is 0 Å². The summed E-state index contributed by atoms with van der Waals surface area (Å²) < 4.78 is 27.9. The van der Waals surface area contributed by atoms with Crippen molar-refractivity contribution < 1.29 is 18.0 Å². The number of anilines is 1. The molecule has 2 amide bonds. The van der Waals surface area contributed by atoms with E-state index in [1.807, 2.05) is 95.3 Å². The number of benzene rings is 3. The molecule has 0 radical (unpaired) electrons. The van der Waals surface area contributed by atoms with Gasteiger partial charge < -0.3 is 10.2 Å². The molecule has 0 aliphatic rings. The number of rotatable bonds is 10. The normalized spacial score (nSPS) is 12.5. The zero-order valence-corrected chi connectivity index (χ0v) is 26.3. The van der Waals surface area contributed by atoms with Crippen LogP contribution >= 0.6 is 15.9 Å². The van der Waals surface area contributed by atoms with E-state index in [1.54, 1.807) is 12.1 Å². The number of hydrogen-bond donors (Lipinski definition) is 1. The average molecular weight is 629 g/mol. The van der Waals surface area contributed by atoms with Gasteiger partial charge in [0, 0.05) is 23.0 Å². The largest absolute Gasteiger partial charge is 0.350 e. The third-order valence-electron chi connectivity index (χ3n) is 6.49. The molecule has 0 saturated carbocycles. The highest BCUT2D eigenvalue weighted by Crippen LogP contribution is 2.23. The van der Waals surface area contributed by atoms with Gasteiger partial charge in [-0.2, -0.15) is 0 Å². The Morgan fingerprint density at radius 1 is 0.900 bits per heavy atom. The van der Waals surface area contributed by atoms with Gasteiger partial charge in [0.25, 0.3) is 0 Å². The van der Waals surface area contributed by atoms with Crippen molar-refractivity contribution >= 4 is 43.5 Å². The van der Waals surface area contributed by atoms with E-state index in [9.17, 15) is 18.0 Å². The summed E-state index contributed by atoms with van der Waals surface area (Å²) in [6.07, 6.45) is 1.36. The molecule has 0 spiro atoms. The summed E-state index contributed by atoms with van der Waals surface area (Å²) in [5.74, 6) is -0.782. The molecule has 3 aromatic rings. The van der Waals surface area contributed by atoms with Gasteiger partial charge in [0.05, 0.1) is 11.9 Å². The molecule has 0 saturated heterocycles. The number of halogens is 1. The van der Waals surface area contributed by atoms with Crippen molar-refractivity contribution in [1.82, 2.24) is 10.2 Å². The third-order valence-corrected chi connectivity index (χ3v) is 8.16. The van der Waals surface area contributed by atoms with Gasteiger partial charge in [-0.05, 0) is 81.1 Å². The smallest absolute Gasteiger partial charge is 0.244 e. The fraction of sp³-hybridized carbons (Fsp3) is 0.355. The summed E-state index contributed by atoms with van der Waals surface area (Å²) in [6.45, 7) is 9.19. The van der Waals surface area contributed by atoms with Crippen LogP contribution in [0.5, 0.6) is 0 Å². The zero-order valence-electron chi connectivity index (χ0n) is 23.9. The lowest BCUT2D eigenvalue weighted by atomic mass is 10.0. The van der Waals surface area contributed by atoms with Crippen molar-refractivity contribution in [3.8, 4) is 0 Å². The summed E-state index contributed by atoms with van der Waals surface area (Å²) in [5, 5.41) is 3.03. The summed E-state index contributed by atoms with van der Waals surface area (Å²) in [6, 6.07) is 21.4. The quantitative estimate of drug-likeness (QED) is 0.327. The summed E-state index contributed by atoms with van der Waals surface area (Å²) in [7, 11) is -3.81. The number of nitrogens with one attached hydrogen (secondary N) is 1. The molecule has 0 aliphatic carbocycles. The van der Waals surface area contributed by atoms with Crippen LogP contribution in [-0.4, -0.2) is 49.5 Å². The summed E-state index contributed by atoms with van der Waals surface area (Å²) in [5.41, 5.74) is 3.51. The monoisotopic (exact) mass is 627 g/mol. The van der Waals surface area contributed by atoms with Gasteiger partial charge in [-0.1, -0.05) is 64.5 Å². The van der Waals surface area contributed by atoms with Crippen molar-refractivity contribution in [3.05, 3.63) is 99.5 Å². The number of carbonyl (C=O) groups is 2. The highest BCUT2D eigenvalue weighted by molar-refractivity contribution is 9.10. The Hall–Kier alpha value is -3.17. The molecular formula is C31H38BrN3O4S. The molecule has 1 N–H and O–H groups in total. The maximum Gasteiger partial charge on any atom is 0.244 e. The molecule has 7 nitrogen and oxygen atoms in total. The molecule has 0 heterocycles. The first kappa shape index (κ1) is 31.4. The van der Waals surface area contributed by atoms with Gasteiger partial charge >= 0.3 is 0 Å². The summed E-state index contributed by atoms with van der Waals surface area (Å²) in [4.78, 5) is 29.4. The maximum atomic E-state index is 14.1. The predicted octanol–water partition coefficient (Wildman–Crippen LogP) is 5.39. The van der Waals surface area contributed by atoms with Crippen molar-refractivity contribution in [2.75, 3.05) is 17.1 Å². The van der Waals surface area contributed by atoms with E-state index < -0.39 is 34.1 Å². The minimum atomic E-state index is -3.81. The number of aryl methyl sites for hydroxylation is 2. The Morgan fingerprint density at radius 3 is 2.08 bits per heavy atom. The van der Waals surface area contributed by atoms with E-state index in [1.165, 1.54) is 4.90 Å². The lowest BCUT2D eigenvalue weighted by Crippen LogP contribution is -2.56. The van der Waals surface area contributed by atoms with Crippen LogP contribution in [0, 0.1) is 13.8 Å². The second kappa shape index (κ2) is 13.0. The van der Waals surface area contributed by atoms with Crippen LogP contribution in [0.4, 0.5) is 5.69 Å². The molecule has 3 aromatic carbocycles. The van der Waals surface area contributed by atoms with Gasteiger partial charge in [0.2, 0.25) is 21.8 Å². The molecule has 40 heavy (non-hydrogen) atoms. The molecule has 9 heteroatoms. The number of amides is 2. The minimum Gasteiger partial charge on any atom is -0.350 e. The highest BCUT2D eigenvalue weighted by atomic mass is 79.9. The molecule has 1 atom stereocenters. The molecule has 0 bridgehead atoms. The lowest BCUT2D eigenvalue weighted by molar-refractivity contribution is -0.140. The first-order valence-corrected chi connectivity index (χ1v) is 15.7. The standard InChI is InChI=1S/C31H38BrN3O4S/c1-22-12-17-27(18-23(22)2)35(40(6,38)39)21-29(36)34(20-25-13-15-26(32)16-14-25)28(30(37)33-31(3,4)5)19-24-10-8-7-9-11-24/h7-18,28H,19-21H2,1-6H3,(H,33,37)/t28-/m1/s1. The number of sulfonamides is 1. The minimum absolute atomic E-state index is 0.131. The van der Waals surface area contributed by atoms with E-state index in [-0.39, 0.29) is 18.9 Å². The fourth-order valence-electron chi connectivity index (χ4n) is 4.29. The van der Waals surface area contributed by atoms with Crippen LogP contribution in [0.1, 0.15) is 43.0 Å². The molecule has 0 aromatic heterocycles. The van der Waals surface area contributed by atoms with Gasteiger partial charge in [-0.3, -0.25) is 13.9 Å². The van der Waals surface area contributed by atoms with Crippen molar-refractivity contribution in [1.29, 1.82) is 0 Å². The molecule has 0 unspecified atom stereocenters. The Balaban J connectivity index is 2.08. The molecule has 0 fully saturated rings. The Morgan fingerprint density at radius 2 is 1.52 bits per heavy atom. The van der Waals surface area contributed by atoms with E-state index in [4.69, 9.17) is 0 Å². The van der Waals surface area contributed by atoms with Crippen molar-refractivity contribution in [2.24, 2.45) is 0 Å². The SMILES string of the molecule is Cc1ccc(N(CC(=O)N(Cc2ccc(Br)cc2)[C@H](Cc2ccccc2)C(=O)NC(C)(C)C)S(C)(=O)=O)cc1C. The van der Waals surface area contributed by atoms with Crippen LogP contribution < -0.4 is 9.62 Å². The number of hydrogen-bond acceptors (Lipinski definition) is 4. The van der Waals surface area contributed by atoms with Gasteiger partial charge in [-0.15, -0.1) is 0 Å². The van der Waals surface area contributed by atoms with E-state index in [2.05, 4.69) is 21.2 Å². The first-order valence-electron chi connectivity index (χ1n) is 13.1. The number of carbonyl (C=O) groups excluding carboxylic acids is 2. The molecule has 3 rings (SSSR count). The third kappa shape index (κ3) is 8.93. The van der Waals surface area contributed by atoms with Crippen molar-refractivity contribution in [2.45, 2.75) is 59.2 Å². The van der Waals surface area contributed by atoms with Crippen LogP contribution in [0.15, 0.2) is 77.3 Å².